The molecule has 0 atom stereocenters. The van der Waals surface area contributed by atoms with E-state index < -0.39 is 0 Å². The van der Waals surface area contributed by atoms with E-state index in [0.29, 0.717) is 11.7 Å². The highest BCUT2D eigenvalue weighted by molar-refractivity contribution is 7.22. The number of hydrogen-bond donors (Lipinski definition) is 1. The zero-order valence-corrected chi connectivity index (χ0v) is 11.4. The number of nitrogens with zero attached hydrogens (tertiary/aromatic N) is 1. The summed E-state index contributed by atoms with van der Waals surface area (Å²) in [4.78, 5) is 4.27. The first-order chi connectivity index (χ1) is 9.28. The number of para-hydroxylation sites is 1. The van der Waals surface area contributed by atoms with Crippen molar-refractivity contribution >= 4 is 26.7 Å². The average Bonchev–Trinajstić information content (AvgIpc) is 2.79. The first-order valence-corrected chi connectivity index (χ1v) is 6.98. The molecule has 0 fully saturated rings. The van der Waals surface area contributed by atoms with Crippen LogP contribution in [-0.4, -0.2) is 11.6 Å². The summed E-state index contributed by atoms with van der Waals surface area (Å²) in [6.07, 6.45) is 0. The summed E-state index contributed by atoms with van der Waals surface area (Å²) in [6.45, 7) is 2.65. The van der Waals surface area contributed by atoms with Gasteiger partial charge in [-0.05, 0) is 30.7 Å². The molecule has 0 bridgehead atoms. The van der Waals surface area contributed by atoms with Crippen LogP contribution >= 0.6 is 11.3 Å². The summed E-state index contributed by atoms with van der Waals surface area (Å²) in [6, 6.07) is 14.2. The maximum Gasteiger partial charge on any atom is 0.181 e. The summed E-state index contributed by atoms with van der Waals surface area (Å²) in [5.41, 5.74) is 8.90. The number of hydrogen-bond acceptors (Lipinski definition) is 4. The molecule has 0 unspecified atom stereocenters. The van der Waals surface area contributed by atoms with Crippen LogP contribution in [0.2, 0.25) is 0 Å². The van der Waals surface area contributed by atoms with Gasteiger partial charge in [0.15, 0.2) is 5.13 Å². The molecular weight excluding hydrogens is 256 g/mol. The lowest BCUT2D eigenvalue weighted by molar-refractivity contribution is 0.341. The fourth-order valence-corrected chi connectivity index (χ4v) is 2.87. The predicted molar refractivity (Wildman–Crippen MR) is 80.6 cm³/mol. The molecule has 4 heteroatoms. The Bertz CT molecular complexity index is 721. The number of nitrogens with two attached hydrogens (primary N) is 1. The molecule has 96 valence electrons. The summed E-state index contributed by atoms with van der Waals surface area (Å²) < 4.78 is 6.77. The van der Waals surface area contributed by atoms with Crippen molar-refractivity contribution in [3.8, 4) is 16.9 Å². The number of thiazole rings is 1. The third-order valence-electron chi connectivity index (χ3n) is 2.90. The lowest BCUT2D eigenvalue weighted by Gasteiger charge is -2.09. The van der Waals surface area contributed by atoms with E-state index in [9.17, 15) is 0 Å². The molecule has 2 N–H and O–H groups in total. The van der Waals surface area contributed by atoms with Crippen LogP contribution in [0.5, 0.6) is 5.75 Å². The molecule has 2 aromatic carbocycles. The van der Waals surface area contributed by atoms with Crippen molar-refractivity contribution in [2.45, 2.75) is 6.92 Å². The Morgan fingerprint density at radius 3 is 2.89 bits per heavy atom. The summed E-state index contributed by atoms with van der Waals surface area (Å²) in [5, 5.41) is 0.602. The molecule has 3 nitrogen and oxygen atoms in total. The minimum absolute atomic E-state index is 0.602. The SMILES string of the molecule is CCOc1ccccc1-c1ccc2nc(N)sc2c1. The van der Waals surface area contributed by atoms with Gasteiger partial charge in [0.05, 0.1) is 16.8 Å². The van der Waals surface area contributed by atoms with Crippen LogP contribution in [0.3, 0.4) is 0 Å². The Morgan fingerprint density at radius 2 is 2.05 bits per heavy atom. The smallest absolute Gasteiger partial charge is 0.181 e. The number of fused-ring (bicyclic) bond motifs is 1. The fourth-order valence-electron chi connectivity index (χ4n) is 2.10. The van der Waals surface area contributed by atoms with E-state index in [4.69, 9.17) is 10.5 Å². The first kappa shape index (κ1) is 12.0. The van der Waals surface area contributed by atoms with Gasteiger partial charge < -0.3 is 10.5 Å². The van der Waals surface area contributed by atoms with Crippen LogP contribution in [0.15, 0.2) is 42.5 Å². The first-order valence-electron chi connectivity index (χ1n) is 6.16. The molecule has 0 aliphatic rings. The molecule has 0 spiro atoms. The third kappa shape index (κ3) is 2.27. The minimum atomic E-state index is 0.602. The largest absolute Gasteiger partial charge is 0.493 e. The summed E-state index contributed by atoms with van der Waals surface area (Å²) >= 11 is 1.51. The van der Waals surface area contributed by atoms with Crippen LogP contribution in [0.4, 0.5) is 5.13 Å². The Hall–Kier alpha value is -2.07. The second-order valence-electron chi connectivity index (χ2n) is 4.16. The molecule has 19 heavy (non-hydrogen) atoms. The van der Waals surface area contributed by atoms with E-state index in [2.05, 4.69) is 23.2 Å². The molecular formula is C15H14N2OS. The molecule has 0 aliphatic heterocycles. The summed E-state index contributed by atoms with van der Waals surface area (Å²) in [7, 11) is 0. The van der Waals surface area contributed by atoms with Gasteiger partial charge in [0.2, 0.25) is 0 Å². The lowest BCUT2D eigenvalue weighted by atomic mass is 10.0. The zero-order valence-electron chi connectivity index (χ0n) is 10.6. The second-order valence-corrected chi connectivity index (χ2v) is 5.23. The highest BCUT2D eigenvalue weighted by Crippen LogP contribution is 2.33. The summed E-state index contributed by atoms with van der Waals surface area (Å²) in [5.74, 6) is 0.904. The average molecular weight is 270 g/mol. The van der Waals surface area contributed by atoms with E-state index in [1.807, 2.05) is 31.2 Å². The van der Waals surface area contributed by atoms with Gasteiger partial charge in [0.1, 0.15) is 5.75 Å². The molecule has 1 aromatic heterocycles. The van der Waals surface area contributed by atoms with E-state index in [1.165, 1.54) is 11.3 Å². The normalized spacial score (nSPS) is 10.8. The van der Waals surface area contributed by atoms with Crippen LogP contribution in [0.1, 0.15) is 6.92 Å². The van der Waals surface area contributed by atoms with Crippen LogP contribution in [-0.2, 0) is 0 Å². The van der Waals surface area contributed by atoms with E-state index in [0.717, 1.165) is 27.1 Å². The van der Waals surface area contributed by atoms with Gasteiger partial charge >= 0.3 is 0 Å². The van der Waals surface area contributed by atoms with Gasteiger partial charge in [-0.1, -0.05) is 35.6 Å². The van der Waals surface area contributed by atoms with E-state index in [1.54, 1.807) is 0 Å². The van der Waals surface area contributed by atoms with Crippen molar-refractivity contribution in [3.05, 3.63) is 42.5 Å². The molecule has 0 saturated carbocycles. The maximum absolute atomic E-state index is 5.74. The molecule has 3 rings (SSSR count). The molecule has 3 aromatic rings. The third-order valence-corrected chi connectivity index (χ3v) is 3.75. The van der Waals surface area contributed by atoms with Gasteiger partial charge in [0, 0.05) is 5.56 Å². The number of ether oxygens (including phenoxy) is 1. The van der Waals surface area contributed by atoms with Crippen LogP contribution < -0.4 is 10.5 Å². The van der Waals surface area contributed by atoms with Crippen molar-refractivity contribution in [1.29, 1.82) is 0 Å². The van der Waals surface area contributed by atoms with Gasteiger partial charge in [-0.3, -0.25) is 0 Å². The van der Waals surface area contributed by atoms with Gasteiger partial charge in [0.25, 0.3) is 0 Å². The Morgan fingerprint density at radius 1 is 1.21 bits per heavy atom. The van der Waals surface area contributed by atoms with Crippen molar-refractivity contribution in [1.82, 2.24) is 4.98 Å². The number of anilines is 1. The molecule has 0 radical (unpaired) electrons. The van der Waals surface area contributed by atoms with Gasteiger partial charge in [-0.2, -0.15) is 0 Å². The number of aromatic nitrogens is 1. The molecule has 0 saturated heterocycles. The monoisotopic (exact) mass is 270 g/mol. The van der Waals surface area contributed by atoms with Gasteiger partial charge in [-0.25, -0.2) is 4.98 Å². The Labute approximate surface area is 115 Å². The Balaban J connectivity index is 2.13. The topological polar surface area (TPSA) is 48.1 Å². The maximum atomic E-state index is 5.74. The predicted octanol–water partition coefficient (Wildman–Crippen LogP) is 3.94. The lowest BCUT2D eigenvalue weighted by Crippen LogP contribution is -1.93. The van der Waals surface area contributed by atoms with Gasteiger partial charge in [-0.15, -0.1) is 0 Å². The highest BCUT2D eigenvalue weighted by Gasteiger charge is 2.08. The number of nitrogen functional groups attached to an aromatic ring is 1. The standard InChI is InChI=1S/C15H14N2OS/c1-2-18-13-6-4-3-5-11(13)10-7-8-12-14(9-10)19-15(16)17-12/h3-9H,2H2,1H3,(H2,16,17). The minimum Gasteiger partial charge on any atom is -0.493 e. The number of benzene rings is 2. The molecule has 1 heterocycles. The second kappa shape index (κ2) is 4.90. The van der Waals surface area contributed by atoms with Crippen molar-refractivity contribution in [2.75, 3.05) is 12.3 Å². The fraction of sp³-hybridized carbons (Fsp3) is 0.133. The molecule has 0 amide bonds. The molecule has 0 aliphatic carbocycles. The highest BCUT2D eigenvalue weighted by atomic mass is 32.1. The van der Waals surface area contributed by atoms with Crippen molar-refractivity contribution < 1.29 is 4.74 Å². The van der Waals surface area contributed by atoms with E-state index >= 15 is 0 Å². The zero-order chi connectivity index (χ0) is 13.2. The van der Waals surface area contributed by atoms with Crippen molar-refractivity contribution in [3.63, 3.8) is 0 Å². The Kier molecular flexibility index (Phi) is 3.09. The van der Waals surface area contributed by atoms with Crippen LogP contribution in [0, 0.1) is 0 Å². The van der Waals surface area contributed by atoms with E-state index in [-0.39, 0.29) is 0 Å². The van der Waals surface area contributed by atoms with Crippen molar-refractivity contribution in [2.24, 2.45) is 0 Å². The number of rotatable bonds is 3. The van der Waals surface area contributed by atoms with Crippen LogP contribution in [0.25, 0.3) is 21.3 Å². The quantitative estimate of drug-likeness (QED) is 0.784.